The Morgan fingerprint density at radius 1 is 1.19 bits per heavy atom. The molecule has 0 unspecified atom stereocenters. The van der Waals surface area contributed by atoms with Crippen LogP contribution in [0, 0.1) is 11.7 Å². The van der Waals surface area contributed by atoms with E-state index in [0.717, 1.165) is 37.2 Å². The zero-order valence-corrected chi connectivity index (χ0v) is 14.9. The number of carbonyl (C=O) groups excluding carboxylic acids is 1. The molecule has 1 aliphatic heterocycles. The minimum atomic E-state index is -0.358. The van der Waals surface area contributed by atoms with Gasteiger partial charge in [0, 0.05) is 39.2 Å². The van der Waals surface area contributed by atoms with Gasteiger partial charge in [0.2, 0.25) is 0 Å². The molecule has 1 atom stereocenters. The maximum Gasteiger partial charge on any atom is 0.317 e. The number of ether oxygens (including phenoxy) is 1. The van der Waals surface area contributed by atoms with Crippen molar-refractivity contribution in [1.29, 1.82) is 0 Å². The average molecular weight is 357 g/mol. The first-order chi connectivity index (χ1) is 12.6. The van der Waals surface area contributed by atoms with Gasteiger partial charge in [0.1, 0.15) is 5.82 Å². The molecule has 2 heterocycles. The Morgan fingerprint density at radius 3 is 2.46 bits per heavy atom. The van der Waals surface area contributed by atoms with Crippen LogP contribution in [-0.4, -0.2) is 42.7 Å². The third-order valence-electron chi connectivity index (χ3n) is 4.73. The molecule has 138 valence electrons. The molecule has 0 spiro atoms. The van der Waals surface area contributed by atoms with Crippen molar-refractivity contribution in [1.82, 2.24) is 15.2 Å². The van der Waals surface area contributed by atoms with Gasteiger partial charge in [0.05, 0.1) is 6.04 Å². The molecule has 26 heavy (non-hydrogen) atoms. The molecule has 1 aromatic heterocycles. The van der Waals surface area contributed by atoms with Crippen LogP contribution in [0.15, 0.2) is 48.8 Å². The Kier molecular flexibility index (Phi) is 6.17. The summed E-state index contributed by atoms with van der Waals surface area (Å²) >= 11 is 0. The fourth-order valence-electron chi connectivity index (χ4n) is 3.20. The van der Waals surface area contributed by atoms with Crippen molar-refractivity contribution in [2.45, 2.75) is 18.9 Å². The van der Waals surface area contributed by atoms with Gasteiger partial charge in [0.15, 0.2) is 0 Å². The molecular weight excluding hydrogens is 333 g/mol. The molecule has 1 saturated heterocycles. The number of hydrogen-bond donors (Lipinski definition) is 1. The Balaban J connectivity index is 1.72. The lowest BCUT2D eigenvalue weighted by Gasteiger charge is -2.29. The van der Waals surface area contributed by atoms with E-state index in [1.807, 2.05) is 12.1 Å². The van der Waals surface area contributed by atoms with E-state index in [9.17, 15) is 9.18 Å². The minimum absolute atomic E-state index is 0.150. The second kappa shape index (κ2) is 8.76. The van der Waals surface area contributed by atoms with Crippen molar-refractivity contribution in [2.24, 2.45) is 5.92 Å². The van der Waals surface area contributed by atoms with Crippen molar-refractivity contribution in [2.75, 3.05) is 26.8 Å². The van der Waals surface area contributed by atoms with Gasteiger partial charge in [-0.05, 0) is 54.2 Å². The number of rotatable bonds is 5. The summed E-state index contributed by atoms with van der Waals surface area (Å²) in [7, 11) is 1.80. The van der Waals surface area contributed by atoms with E-state index < -0.39 is 0 Å². The molecule has 5 nitrogen and oxygen atoms in total. The molecule has 0 bridgehead atoms. The number of carbonyl (C=O) groups is 1. The zero-order valence-electron chi connectivity index (χ0n) is 14.9. The molecule has 1 fully saturated rings. The topological polar surface area (TPSA) is 54.5 Å². The highest BCUT2D eigenvalue weighted by molar-refractivity contribution is 5.75. The third-order valence-corrected chi connectivity index (χ3v) is 4.73. The first-order valence-electron chi connectivity index (χ1n) is 8.88. The number of hydrogen-bond acceptors (Lipinski definition) is 3. The number of nitrogens with one attached hydrogen (secondary N) is 1. The van der Waals surface area contributed by atoms with Gasteiger partial charge in [-0.25, -0.2) is 9.18 Å². The van der Waals surface area contributed by atoms with Crippen LogP contribution in [0.5, 0.6) is 0 Å². The molecule has 0 radical (unpaired) electrons. The Hall–Kier alpha value is -2.47. The predicted octanol–water partition coefficient (Wildman–Crippen LogP) is 3.38. The molecule has 2 amide bonds. The molecule has 1 aromatic carbocycles. The van der Waals surface area contributed by atoms with E-state index in [2.05, 4.69) is 10.3 Å². The Morgan fingerprint density at radius 2 is 1.81 bits per heavy atom. The lowest BCUT2D eigenvalue weighted by atomic mass is 9.99. The highest BCUT2D eigenvalue weighted by Gasteiger charge is 2.22. The van der Waals surface area contributed by atoms with Gasteiger partial charge in [-0.3, -0.25) is 4.98 Å². The Bertz CT molecular complexity index is 703. The summed E-state index contributed by atoms with van der Waals surface area (Å²) in [5.41, 5.74) is 1.73. The van der Waals surface area contributed by atoms with Crippen LogP contribution in [-0.2, 0) is 4.74 Å². The standard InChI is InChI=1S/C20H24FN3O2/c1-24(14-15-8-12-26-13-9-15)20(25)23-19(17-6-10-22-11-7-17)16-2-4-18(21)5-3-16/h2-7,10-11,15,19H,8-9,12-14H2,1H3,(H,23,25)/t19-/m1/s1. The predicted molar refractivity (Wildman–Crippen MR) is 97.2 cm³/mol. The van der Waals surface area contributed by atoms with E-state index in [-0.39, 0.29) is 17.9 Å². The van der Waals surface area contributed by atoms with Crippen LogP contribution < -0.4 is 5.32 Å². The number of pyridine rings is 1. The van der Waals surface area contributed by atoms with E-state index in [4.69, 9.17) is 4.74 Å². The number of nitrogens with zero attached hydrogens (tertiary/aromatic N) is 2. The van der Waals surface area contributed by atoms with Gasteiger partial charge >= 0.3 is 6.03 Å². The van der Waals surface area contributed by atoms with Gasteiger partial charge in [-0.1, -0.05) is 12.1 Å². The average Bonchev–Trinajstić information content (AvgIpc) is 2.68. The first kappa shape index (κ1) is 18.3. The summed E-state index contributed by atoms with van der Waals surface area (Å²) < 4.78 is 18.7. The van der Waals surface area contributed by atoms with Crippen molar-refractivity contribution in [3.8, 4) is 0 Å². The van der Waals surface area contributed by atoms with Gasteiger partial charge in [0.25, 0.3) is 0 Å². The maximum atomic E-state index is 13.3. The van der Waals surface area contributed by atoms with E-state index in [1.165, 1.54) is 12.1 Å². The first-order valence-corrected chi connectivity index (χ1v) is 8.88. The molecule has 6 heteroatoms. The normalized spacial score (nSPS) is 16.1. The summed E-state index contributed by atoms with van der Waals surface area (Å²) in [5, 5.41) is 3.06. The molecular formula is C20H24FN3O2. The van der Waals surface area contributed by atoms with Crippen LogP contribution in [0.25, 0.3) is 0 Å². The van der Waals surface area contributed by atoms with E-state index in [1.54, 1.807) is 36.5 Å². The van der Waals surface area contributed by atoms with Crippen LogP contribution in [0.2, 0.25) is 0 Å². The minimum Gasteiger partial charge on any atom is -0.381 e. The zero-order chi connectivity index (χ0) is 18.4. The van der Waals surface area contributed by atoms with Gasteiger partial charge < -0.3 is 15.0 Å². The number of halogens is 1. The lowest BCUT2D eigenvalue weighted by molar-refractivity contribution is 0.0585. The fraction of sp³-hybridized carbons (Fsp3) is 0.400. The van der Waals surface area contributed by atoms with E-state index in [0.29, 0.717) is 12.5 Å². The highest BCUT2D eigenvalue weighted by Crippen LogP contribution is 2.23. The van der Waals surface area contributed by atoms with Crippen molar-refractivity contribution in [3.05, 3.63) is 65.7 Å². The number of urea groups is 1. The Labute approximate surface area is 153 Å². The fourth-order valence-corrected chi connectivity index (χ4v) is 3.20. The van der Waals surface area contributed by atoms with Crippen LogP contribution in [0.3, 0.4) is 0 Å². The number of aromatic nitrogens is 1. The van der Waals surface area contributed by atoms with Gasteiger partial charge in [-0.2, -0.15) is 0 Å². The molecule has 1 N–H and O–H groups in total. The highest BCUT2D eigenvalue weighted by atomic mass is 19.1. The van der Waals surface area contributed by atoms with Gasteiger partial charge in [-0.15, -0.1) is 0 Å². The second-order valence-electron chi connectivity index (χ2n) is 6.65. The quantitative estimate of drug-likeness (QED) is 0.893. The monoisotopic (exact) mass is 357 g/mol. The van der Waals surface area contributed by atoms with Crippen LogP contribution in [0.1, 0.15) is 30.0 Å². The molecule has 2 aromatic rings. The summed E-state index contributed by atoms with van der Waals surface area (Å²) in [6, 6.07) is 9.40. The van der Waals surface area contributed by atoms with E-state index >= 15 is 0 Å². The van der Waals surface area contributed by atoms with Crippen molar-refractivity contribution >= 4 is 6.03 Å². The SMILES string of the molecule is CN(CC1CCOCC1)C(=O)N[C@@H](c1ccncc1)c1ccc(F)cc1. The molecule has 3 rings (SSSR count). The smallest absolute Gasteiger partial charge is 0.317 e. The summed E-state index contributed by atoms with van der Waals surface area (Å²) in [6.45, 7) is 2.21. The summed E-state index contributed by atoms with van der Waals surface area (Å²) in [4.78, 5) is 18.5. The van der Waals surface area contributed by atoms with Crippen LogP contribution in [0.4, 0.5) is 9.18 Å². The van der Waals surface area contributed by atoms with Crippen molar-refractivity contribution in [3.63, 3.8) is 0 Å². The molecule has 0 aliphatic carbocycles. The van der Waals surface area contributed by atoms with Crippen LogP contribution >= 0.6 is 0 Å². The largest absolute Gasteiger partial charge is 0.381 e. The number of amides is 2. The number of benzene rings is 1. The molecule has 0 saturated carbocycles. The molecule has 1 aliphatic rings. The third kappa shape index (κ3) is 4.79. The summed E-state index contributed by atoms with van der Waals surface area (Å²) in [5.74, 6) is 0.162. The second-order valence-corrected chi connectivity index (χ2v) is 6.65. The lowest BCUT2D eigenvalue weighted by Crippen LogP contribution is -2.42. The maximum absolute atomic E-state index is 13.3. The van der Waals surface area contributed by atoms with Crippen molar-refractivity contribution < 1.29 is 13.9 Å². The summed E-state index contributed by atoms with van der Waals surface area (Å²) in [6.07, 6.45) is 5.32.